The minimum atomic E-state index is -3.55. The lowest BCUT2D eigenvalue weighted by atomic mass is 10.3. The molecule has 0 aromatic heterocycles. The summed E-state index contributed by atoms with van der Waals surface area (Å²) in [6, 6.07) is 3.73. The van der Waals surface area contributed by atoms with Crippen molar-refractivity contribution in [2.24, 2.45) is 0 Å². The summed E-state index contributed by atoms with van der Waals surface area (Å²) in [5.74, 6) is -0.0522. The molecule has 0 saturated carbocycles. The lowest BCUT2D eigenvalue weighted by Gasteiger charge is -2.12. The number of hydrogen-bond acceptors (Lipinski definition) is 5. The van der Waals surface area contributed by atoms with E-state index in [4.69, 9.17) is 11.6 Å². The lowest BCUT2D eigenvalue weighted by Crippen LogP contribution is -2.32. The summed E-state index contributed by atoms with van der Waals surface area (Å²) in [7, 11) is -3.55. The Morgan fingerprint density at radius 2 is 2.25 bits per heavy atom. The molecular formula is C11H14ClN3O4S. The molecule has 9 heteroatoms. The van der Waals surface area contributed by atoms with Crippen molar-refractivity contribution in [3.63, 3.8) is 0 Å². The number of benzene rings is 1. The zero-order valence-electron chi connectivity index (χ0n) is 10.5. The quantitative estimate of drug-likeness (QED) is 0.636. The molecule has 1 aromatic rings. The second-order valence-electron chi connectivity index (χ2n) is 4.60. The van der Waals surface area contributed by atoms with Gasteiger partial charge in [0, 0.05) is 12.1 Å². The second-order valence-corrected chi connectivity index (χ2v) is 6.77. The zero-order valence-corrected chi connectivity index (χ0v) is 12.1. The fourth-order valence-corrected chi connectivity index (χ4v) is 3.67. The van der Waals surface area contributed by atoms with E-state index in [-0.39, 0.29) is 28.2 Å². The molecule has 0 bridgehead atoms. The van der Waals surface area contributed by atoms with Gasteiger partial charge >= 0.3 is 0 Å². The van der Waals surface area contributed by atoms with Gasteiger partial charge in [-0.25, -0.2) is 8.42 Å². The van der Waals surface area contributed by atoms with Crippen LogP contribution in [0.3, 0.4) is 0 Å². The van der Waals surface area contributed by atoms with Gasteiger partial charge in [0.05, 0.1) is 16.4 Å². The predicted molar refractivity (Wildman–Crippen MR) is 76.5 cm³/mol. The van der Waals surface area contributed by atoms with Crippen LogP contribution in [0.1, 0.15) is 12.8 Å². The topological polar surface area (TPSA) is 101 Å². The largest absolute Gasteiger partial charge is 0.313 e. The van der Waals surface area contributed by atoms with Crippen molar-refractivity contribution in [1.82, 2.24) is 5.32 Å². The minimum Gasteiger partial charge on any atom is -0.313 e. The van der Waals surface area contributed by atoms with E-state index in [1.165, 1.54) is 12.1 Å². The zero-order chi connectivity index (χ0) is 14.8. The Kier molecular flexibility index (Phi) is 4.46. The number of sulfonamides is 1. The average Bonchev–Trinajstić information content (AvgIpc) is 2.82. The monoisotopic (exact) mass is 319 g/mol. The Bertz CT molecular complexity index is 614. The molecule has 1 heterocycles. The molecule has 1 atom stereocenters. The number of nitro benzene ring substituents is 1. The number of rotatable bonds is 5. The van der Waals surface area contributed by atoms with Crippen LogP contribution in [-0.2, 0) is 10.0 Å². The van der Waals surface area contributed by atoms with Crippen LogP contribution in [-0.4, -0.2) is 31.7 Å². The second kappa shape index (κ2) is 5.94. The number of nitrogens with zero attached hydrogens (tertiary/aromatic N) is 1. The molecule has 1 saturated heterocycles. The summed E-state index contributed by atoms with van der Waals surface area (Å²) in [5, 5.41) is 13.8. The van der Waals surface area contributed by atoms with E-state index in [0.29, 0.717) is 0 Å². The van der Waals surface area contributed by atoms with Gasteiger partial charge in [-0.15, -0.1) is 0 Å². The smallest absolute Gasteiger partial charge is 0.289 e. The standard InChI is InChI=1S/C11H14ClN3O4S/c12-10-4-3-8(6-11(10)15(16)17)14-20(18,19)7-9-2-1-5-13-9/h3-4,6,9,13-14H,1-2,5,7H2. The van der Waals surface area contributed by atoms with Gasteiger partial charge in [0.2, 0.25) is 10.0 Å². The summed E-state index contributed by atoms with van der Waals surface area (Å²) in [6.45, 7) is 0.812. The molecular weight excluding hydrogens is 306 g/mol. The van der Waals surface area contributed by atoms with E-state index in [2.05, 4.69) is 10.0 Å². The van der Waals surface area contributed by atoms with Crippen LogP contribution in [0, 0.1) is 10.1 Å². The average molecular weight is 320 g/mol. The first-order valence-corrected chi connectivity index (χ1v) is 8.08. The molecule has 20 heavy (non-hydrogen) atoms. The first-order valence-electron chi connectivity index (χ1n) is 6.05. The maximum atomic E-state index is 12.0. The first kappa shape index (κ1) is 15.0. The molecule has 110 valence electrons. The third-order valence-corrected chi connectivity index (χ3v) is 4.71. The number of hydrogen-bond donors (Lipinski definition) is 2. The molecule has 0 spiro atoms. The van der Waals surface area contributed by atoms with Gasteiger partial charge in [0.25, 0.3) is 5.69 Å². The van der Waals surface area contributed by atoms with Crippen molar-refractivity contribution < 1.29 is 13.3 Å². The summed E-state index contributed by atoms with van der Waals surface area (Å²) in [4.78, 5) is 10.1. The Labute approximate surface area is 121 Å². The molecule has 2 N–H and O–H groups in total. The first-order chi connectivity index (χ1) is 9.37. The predicted octanol–water partition coefficient (Wildman–Crippen LogP) is 1.74. The van der Waals surface area contributed by atoms with Gasteiger partial charge in [-0.05, 0) is 31.5 Å². The number of nitrogens with one attached hydrogen (secondary N) is 2. The lowest BCUT2D eigenvalue weighted by molar-refractivity contribution is -0.384. The van der Waals surface area contributed by atoms with Gasteiger partial charge in [-0.3, -0.25) is 14.8 Å². The van der Waals surface area contributed by atoms with Gasteiger partial charge in [0.1, 0.15) is 5.02 Å². The van der Waals surface area contributed by atoms with Crippen molar-refractivity contribution in [1.29, 1.82) is 0 Å². The fraction of sp³-hybridized carbons (Fsp3) is 0.455. The highest BCUT2D eigenvalue weighted by Crippen LogP contribution is 2.27. The Morgan fingerprint density at radius 3 is 2.85 bits per heavy atom. The molecule has 0 amide bonds. The summed E-state index contributed by atoms with van der Waals surface area (Å²) in [5.41, 5.74) is -0.190. The molecule has 7 nitrogen and oxygen atoms in total. The molecule has 1 aliphatic rings. The van der Waals surface area contributed by atoms with E-state index in [1.54, 1.807) is 0 Å². The van der Waals surface area contributed by atoms with Crippen LogP contribution in [0.15, 0.2) is 18.2 Å². The number of anilines is 1. The van der Waals surface area contributed by atoms with Gasteiger partial charge in [0.15, 0.2) is 0 Å². The Morgan fingerprint density at radius 1 is 1.50 bits per heavy atom. The Balaban J connectivity index is 2.12. The van der Waals surface area contributed by atoms with E-state index < -0.39 is 14.9 Å². The fourth-order valence-electron chi connectivity index (χ4n) is 2.10. The Hall–Kier alpha value is -1.38. The molecule has 1 unspecified atom stereocenters. The molecule has 0 aliphatic carbocycles. The van der Waals surface area contributed by atoms with Gasteiger partial charge < -0.3 is 5.32 Å². The van der Waals surface area contributed by atoms with Crippen LogP contribution < -0.4 is 10.0 Å². The van der Waals surface area contributed by atoms with E-state index in [1.807, 2.05) is 0 Å². The van der Waals surface area contributed by atoms with Crippen molar-refractivity contribution in [2.75, 3.05) is 17.0 Å². The van der Waals surface area contributed by atoms with Crippen LogP contribution in [0.25, 0.3) is 0 Å². The normalized spacial score (nSPS) is 18.9. The third-order valence-electron chi connectivity index (χ3n) is 3.00. The van der Waals surface area contributed by atoms with Crippen molar-refractivity contribution in [3.8, 4) is 0 Å². The van der Waals surface area contributed by atoms with Crippen LogP contribution >= 0.6 is 11.6 Å². The van der Waals surface area contributed by atoms with Crippen molar-refractivity contribution >= 4 is 33.0 Å². The highest BCUT2D eigenvalue weighted by molar-refractivity contribution is 7.92. The van der Waals surface area contributed by atoms with Crippen LogP contribution in [0.5, 0.6) is 0 Å². The maximum absolute atomic E-state index is 12.0. The SMILES string of the molecule is O=[N+]([O-])c1cc(NS(=O)(=O)CC2CCCN2)ccc1Cl. The van der Waals surface area contributed by atoms with Crippen molar-refractivity contribution in [3.05, 3.63) is 33.3 Å². The van der Waals surface area contributed by atoms with E-state index >= 15 is 0 Å². The number of halogens is 1. The van der Waals surface area contributed by atoms with E-state index in [9.17, 15) is 18.5 Å². The molecule has 2 rings (SSSR count). The van der Waals surface area contributed by atoms with Crippen molar-refractivity contribution in [2.45, 2.75) is 18.9 Å². The molecule has 0 radical (unpaired) electrons. The molecule has 1 aliphatic heterocycles. The van der Waals surface area contributed by atoms with Crippen LogP contribution in [0.2, 0.25) is 5.02 Å². The third kappa shape index (κ3) is 3.81. The van der Waals surface area contributed by atoms with E-state index in [0.717, 1.165) is 25.5 Å². The molecule has 1 aromatic carbocycles. The number of nitro groups is 1. The molecule has 1 fully saturated rings. The summed E-state index contributed by atoms with van der Waals surface area (Å²) < 4.78 is 26.3. The summed E-state index contributed by atoms with van der Waals surface area (Å²) >= 11 is 5.67. The minimum absolute atomic E-state index is 0.0320. The van der Waals surface area contributed by atoms with Gasteiger partial charge in [-0.1, -0.05) is 11.6 Å². The highest BCUT2D eigenvalue weighted by atomic mass is 35.5. The maximum Gasteiger partial charge on any atom is 0.289 e. The van der Waals surface area contributed by atoms with Crippen LogP contribution in [0.4, 0.5) is 11.4 Å². The van der Waals surface area contributed by atoms with Gasteiger partial charge in [-0.2, -0.15) is 0 Å². The summed E-state index contributed by atoms with van der Waals surface area (Å²) in [6.07, 6.45) is 1.76. The highest BCUT2D eigenvalue weighted by Gasteiger charge is 2.23.